The second-order valence-electron chi connectivity index (χ2n) is 4.51. The fraction of sp³-hybridized carbons (Fsp3) is 0.500. The monoisotopic (exact) mass is 290 g/mol. The van der Waals surface area contributed by atoms with Crippen molar-refractivity contribution in [2.24, 2.45) is 5.92 Å². The zero-order chi connectivity index (χ0) is 14.2. The Hall–Kier alpha value is -0.890. The maximum atomic E-state index is 10.1. The molecule has 0 spiro atoms. The number of ether oxygens (including phenoxy) is 1. The molecule has 0 aliphatic heterocycles. The summed E-state index contributed by atoms with van der Waals surface area (Å²) in [6, 6.07) is 6.29. The van der Waals surface area contributed by atoms with E-state index in [1.54, 1.807) is 12.1 Å². The minimum atomic E-state index is -2.15. The highest BCUT2D eigenvalue weighted by atomic mass is 35.5. The lowest BCUT2D eigenvalue weighted by Gasteiger charge is -2.53. The fourth-order valence-corrected chi connectivity index (χ4v) is 2.39. The van der Waals surface area contributed by atoms with Crippen LogP contribution in [0.2, 0.25) is 5.02 Å². The van der Waals surface area contributed by atoms with Gasteiger partial charge in [-0.3, -0.25) is 0 Å². The summed E-state index contributed by atoms with van der Waals surface area (Å²) in [6.07, 6.45) is -4.76. The van der Waals surface area contributed by atoms with Gasteiger partial charge in [0.15, 0.2) is 5.60 Å². The molecule has 0 aromatic heterocycles. The first-order chi connectivity index (χ1) is 8.92. The van der Waals surface area contributed by atoms with Crippen LogP contribution in [-0.2, 0) is 0 Å². The van der Waals surface area contributed by atoms with Crippen LogP contribution in [0.25, 0.3) is 0 Å². The molecular weight excluding hydrogens is 276 g/mol. The van der Waals surface area contributed by atoms with Gasteiger partial charge in [0, 0.05) is 5.92 Å². The molecule has 0 saturated heterocycles. The molecule has 1 aromatic rings. The minimum Gasteiger partial charge on any atom is -0.460 e. The molecule has 6 nitrogen and oxygen atoms in total. The number of para-hydroxylation sites is 1. The third-order valence-electron chi connectivity index (χ3n) is 3.47. The van der Waals surface area contributed by atoms with E-state index in [0.29, 0.717) is 0 Å². The maximum Gasteiger partial charge on any atom is 0.229 e. The number of aliphatic hydroxyl groups is 5. The number of aliphatic hydroxyl groups excluding tert-OH is 4. The second kappa shape index (κ2) is 5.24. The van der Waals surface area contributed by atoms with Crippen molar-refractivity contribution < 1.29 is 30.3 Å². The topological polar surface area (TPSA) is 110 Å². The van der Waals surface area contributed by atoms with Crippen molar-refractivity contribution in [2.45, 2.75) is 24.1 Å². The molecule has 106 valence electrons. The van der Waals surface area contributed by atoms with Gasteiger partial charge >= 0.3 is 0 Å². The van der Waals surface area contributed by atoms with Crippen molar-refractivity contribution in [1.82, 2.24) is 0 Å². The van der Waals surface area contributed by atoms with Crippen LogP contribution in [-0.4, -0.2) is 56.2 Å². The lowest BCUT2D eigenvalue weighted by molar-refractivity contribution is -0.332. The van der Waals surface area contributed by atoms with E-state index >= 15 is 0 Å². The van der Waals surface area contributed by atoms with Crippen LogP contribution in [0, 0.1) is 5.92 Å². The van der Waals surface area contributed by atoms with Crippen molar-refractivity contribution in [3.8, 4) is 5.75 Å². The normalized spacial score (nSPS) is 35.6. The van der Waals surface area contributed by atoms with Crippen LogP contribution < -0.4 is 4.74 Å². The fourth-order valence-electron chi connectivity index (χ4n) is 2.21. The molecule has 0 bridgehead atoms. The van der Waals surface area contributed by atoms with Crippen molar-refractivity contribution >= 4 is 11.6 Å². The van der Waals surface area contributed by atoms with Crippen molar-refractivity contribution in [3.63, 3.8) is 0 Å². The zero-order valence-corrected chi connectivity index (χ0v) is 10.6. The number of halogens is 1. The van der Waals surface area contributed by atoms with Crippen LogP contribution in [0.3, 0.4) is 0 Å². The van der Waals surface area contributed by atoms with Crippen LogP contribution >= 0.6 is 11.6 Å². The largest absolute Gasteiger partial charge is 0.460 e. The molecule has 1 aromatic carbocycles. The van der Waals surface area contributed by atoms with E-state index in [0.717, 1.165) is 0 Å². The van der Waals surface area contributed by atoms with Gasteiger partial charge in [0.25, 0.3) is 0 Å². The van der Waals surface area contributed by atoms with E-state index in [2.05, 4.69) is 0 Å². The van der Waals surface area contributed by atoms with E-state index in [-0.39, 0.29) is 10.8 Å². The van der Waals surface area contributed by atoms with Crippen LogP contribution in [0.5, 0.6) is 5.75 Å². The molecule has 5 N–H and O–H groups in total. The first-order valence-electron chi connectivity index (χ1n) is 5.71. The predicted octanol–water partition coefficient (Wildman–Crippen LogP) is -0.888. The standard InChI is InChI=1S/C12H15ClO6/c13-7-3-1-2-4-8(7)19-11(17)12(18)6(5-14)9(15)10(12)16/h1-4,6,9-11,14-18H,5H2. The number of rotatable bonds is 4. The quantitative estimate of drug-likeness (QED) is 0.460. The second-order valence-corrected chi connectivity index (χ2v) is 4.92. The first kappa shape index (κ1) is 14.5. The van der Waals surface area contributed by atoms with Gasteiger partial charge in [-0.25, -0.2) is 0 Å². The average Bonchev–Trinajstić information content (AvgIpc) is 2.41. The SMILES string of the molecule is OCC1C(O)C(O)C1(O)C(O)Oc1ccccc1Cl. The van der Waals surface area contributed by atoms with Gasteiger partial charge in [0.2, 0.25) is 6.29 Å². The minimum absolute atomic E-state index is 0.121. The molecule has 2 rings (SSSR count). The van der Waals surface area contributed by atoms with Gasteiger partial charge in [-0.1, -0.05) is 23.7 Å². The highest BCUT2D eigenvalue weighted by molar-refractivity contribution is 6.32. The molecule has 0 heterocycles. The molecule has 5 atom stereocenters. The Bertz CT molecular complexity index is 456. The number of benzene rings is 1. The average molecular weight is 291 g/mol. The Morgan fingerprint density at radius 2 is 1.95 bits per heavy atom. The van der Waals surface area contributed by atoms with Crippen LogP contribution in [0.1, 0.15) is 0 Å². The molecule has 7 heteroatoms. The van der Waals surface area contributed by atoms with E-state index in [1.807, 2.05) is 0 Å². The smallest absolute Gasteiger partial charge is 0.229 e. The number of hydrogen-bond donors (Lipinski definition) is 5. The highest BCUT2D eigenvalue weighted by Gasteiger charge is 2.65. The Morgan fingerprint density at radius 3 is 2.53 bits per heavy atom. The molecule has 1 aliphatic carbocycles. The van der Waals surface area contributed by atoms with Crippen molar-refractivity contribution in [1.29, 1.82) is 0 Å². The summed E-state index contributed by atoms with van der Waals surface area (Å²) in [4.78, 5) is 0. The molecule has 5 unspecified atom stereocenters. The van der Waals surface area contributed by atoms with Gasteiger partial charge in [0.05, 0.1) is 17.7 Å². The summed E-state index contributed by atoms with van der Waals surface area (Å²) in [7, 11) is 0. The molecule has 1 saturated carbocycles. The van der Waals surface area contributed by atoms with E-state index in [9.17, 15) is 20.4 Å². The van der Waals surface area contributed by atoms with Gasteiger partial charge in [-0.15, -0.1) is 0 Å². The third-order valence-corrected chi connectivity index (χ3v) is 3.78. The van der Waals surface area contributed by atoms with Crippen molar-refractivity contribution in [2.75, 3.05) is 6.61 Å². The number of hydrogen-bond acceptors (Lipinski definition) is 6. The van der Waals surface area contributed by atoms with Gasteiger partial charge in [-0.05, 0) is 12.1 Å². The third kappa shape index (κ3) is 2.20. The zero-order valence-electron chi connectivity index (χ0n) is 9.85. The summed E-state index contributed by atoms with van der Waals surface area (Å²) in [5.74, 6) is -0.977. The van der Waals surface area contributed by atoms with E-state index in [4.69, 9.17) is 21.4 Å². The molecule has 1 aliphatic rings. The van der Waals surface area contributed by atoms with E-state index in [1.165, 1.54) is 12.1 Å². The van der Waals surface area contributed by atoms with E-state index < -0.39 is 36.6 Å². The summed E-state index contributed by atoms with van der Waals surface area (Å²) in [6.45, 7) is -0.600. The van der Waals surface area contributed by atoms with Crippen LogP contribution in [0.15, 0.2) is 24.3 Å². The highest BCUT2D eigenvalue weighted by Crippen LogP contribution is 2.42. The Kier molecular flexibility index (Phi) is 4.00. The lowest BCUT2D eigenvalue weighted by Crippen LogP contribution is -2.76. The van der Waals surface area contributed by atoms with Gasteiger partial charge in [0.1, 0.15) is 11.9 Å². The van der Waals surface area contributed by atoms with Gasteiger partial charge < -0.3 is 30.3 Å². The van der Waals surface area contributed by atoms with Crippen LogP contribution in [0.4, 0.5) is 0 Å². The predicted molar refractivity (Wildman–Crippen MR) is 65.6 cm³/mol. The summed E-state index contributed by atoms with van der Waals surface area (Å²) in [5.41, 5.74) is -2.15. The molecule has 0 amide bonds. The molecular formula is C12H15ClO6. The maximum absolute atomic E-state index is 10.1. The molecule has 1 fully saturated rings. The Morgan fingerprint density at radius 1 is 1.32 bits per heavy atom. The summed E-state index contributed by atoms with van der Waals surface area (Å²) < 4.78 is 5.09. The van der Waals surface area contributed by atoms with Crippen molar-refractivity contribution in [3.05, 3.63) is 29.3 Å². The molecule has 19 heavy (non-hydrogen) atoms. The summed E-state index contributed by atoms with van der Waals surface area (Å²) in [5, 5.41) is 48.3. The summed E-state index contributed by atoms with van der Waals surface area (Å²) >= 11 is 5.84. The van der Waals surface area contributed by atoms with Gasteiger partial charge in [-0.2, -0.15) is 0 Å². The lowest BCUT2D eigenvalue weighted by atomic mass is 9.64. The Balaban J connectivity index is 2.16. The first-order valence-corrected chi connectivity index (χ1v) is 6.09. The Labute approximate surface area is 114 Å². The molecule has 0 radical (unpaired) electrons.